The quantitative estimate of drug-likeness (QED) is 0.643. The van der Waals surface area contributed by atoms with Crippen LogP contribution >= 0.6 is 23.4 Å². The number of carbonyl (C=O) groups is 1. The molecule has 0 fully saturated rings. The first-order valence-electron chi connectivity index (χ1n) is 9.34. The number of nitrogens with zero attached hydrogens (tertiary/aromatic N) is 1. The molecule has 1 heterocycles. The van der Waals surface area contributed by atoms with E-state index in [1.807, 2.05) is 63.2 Å². The van der Waals surface area contributed by atoms with Crippen LogP contribution in [0.15, 0.2) is 70.4 Å². The van der Waals surface area contributed by atoms with Gasteiger partial charge in [0.15, 0.2) is 0 Å². The van der Waals surface area contributed by atoms with Gasteiger partial charge in [0.25, 0.3) is 5.91 Å². The highest BCUT2D eigenvalue weighted by atomic mass is 35.5. The third-order valence-corrected chi connectivity index (χ3v) is 6.03. The Morgan fingerprint density at radius 2 is 1.90 bits per heavy atom. The molecule has 6 heteroatoms. The summed E-state index contributed by atoms with van der Waals surface area (Å²) in [6.45, 7) is 5.83. The van der Waals surface area contributed by atoms with Gasteiger partial charge in [-0.2, -0.15) is 5.26 Å². The summed E-state index contributed by atoms with van der Waals surface area (Å²) < 4.78 is 0. The number of halogens is 1. The number of dihydropyridines is 1. The second kappa shape index (κ2) is 9.21. The molecule has 2 N–H and O–H groups in total. The van der Waals surface area contributed by atoms with Gasteiger partial charge in [-0.3, -0.25) is 4.79 Å². The zero-order valence-corrected chi connectivity index (χ0v) is 18.1. The second-order valence-corrected chi connectivity index (χ2v) is 8.36. The number of amides is 1. The molecule has 1 amide bonds. The van der Waals surface area contributed by atoms with Crippen molar-refractivity contribution in [2.75, 3.05) is 11.1 Å². The molecule has 0 radical (unpaired) electrons. The topological polar surface area (TPSA) is 64.9 Å². The van der Waals surface area contributed by atoms with E-state index < -0.39 is 5.92 Å². The Balaban J connectivity index is 2.12. The molecule has 0 aliphatic carbocycles. The first-order chi connectivity index (χ1) is 14.0. The zero-order chi connectivity index (χ0) is 21.0. The summed E-state index contributed by atoms with van der Waals surface area (Å²) in [5.41, 5.74) is 4.18. The lowest BCUT2D eigenvalue weighted by Crippen LogP contribution is -2.31. The molecule has 2 aromatic rings. The highest BCUT2D eigenvalue weighted by molar-refractivity contribution is 8.03. The van der Waals surface area contributed by atoms with Crippen LogP contribution in [0.5, 0.6) is 0 Å². The number of anilines is 1. The van der Waals surface area contributed by atoms with E-state index in [-0.39, 0.29) is 5.91 Å². The molecule has 1 aliphatic heterocycles. The third-order valence-electron chi connectivity index (χ3n) is 4.79. The number of hydrogen-bond acceptors (Lipinski definition) is 4. The van der Waals surface area contributed by atoms with Gasteiger partial charge in [0.05, 0.1) is 22.6 Å². The maximum absolute atomic E-state index is 13.4. The van der Waals surface area contributed by atoms with E-state index in [1.54, 1.807) is 17.8 Å². The van der Waals surface area contributed by atoms with Gasteiger partial charge in [-0.1, -0.05) is 54.9 Å². The van der Waals surface area contributed by atoms with Crippen molar-refractivity contribution in [3.63, 3.8) is 0 Å². The highest BCUT2D eigenvalue weighted by Gasteiger charge is 2.35. The van der Waals surface area contributed by atoms with Crippen molar-refractivity contribution in [1.82, 2.24) is 5.32 Å². The minimum atomic E-state index is -0.534. The molecule has 0 spiro atoms. The van der Waals surface area contributed by atoms with Crippen molar-refractivity contribution in [2.24, 2.45) is 0 Å². The fourth-order valence-corrected chi connectivity index (χ4v) is 4.47. The number of benzene rings is 2. The number of nitrogens with one attached hydrogen (secondary N) is 2. The maximum atomic E-state index is 13.4. The van der Waals surface area contributed by atoms with Gasteiger partial charge in [-0.25, -0.2) is 0 Å². The van der Waals surface area contributed by atoms with E-state index in [2.05, 4.69) is 16.7 Å². The van der Waals surface area contributed by atoms with Crippen LogP contribution in [0.1, 0.15) is 30.9 Å². The van der Waals surface area contributed by atoms with E-state index in [1.165, 1.54) is 0 Å². The number of carbonyl (C=O) groups excluding carboxylic acids is 1. The van der Waals surface area contributed by atoms with Crippen LogP contribution in [0, 0.1) is 18.3 Å². The van der Waals surface area contributed by atoms with Gasteiger partial charge >= 0.3 is 0 Å². The fraction of sp³-hybridized carbons (Fsp3) is 0.217. The van der Waals surface area contributed by atoms with Crippen molar-refractivity contribution >= 4 is 35.0 Å². The Labute approximate surface area is 180 Å². The SMILES string of the molecule is CCSC1=C(C#N)[C@H](c2ccccc2Cl)C(C(=O)Nc2ccccc2C)=C(C)N1. The summed E-state index contributed by atoms with van der Waals surface area (Å²) >= 11 is 8.04. The van der Waals surface area contributed by atoms with Gasteiger partial charge in [0, 0.05) is 22.0 Å². The van der Waals surface area contributed by atoms with Crippen molar-refractivity contribution < 1.29 is 4.79 Å². The Bertz CT molecular complexity index is 1050. The molecule has 0 saturated heterocycles. The summed E-state index contributed by atoms with van der Waals surface area (Å²) in [6, 6.07) is 17.3. The first-order valence-corrected chi connectivity index (χ1v) is 10.7. The summed E-state index contributed by atoms with van der Waals surface area (Å²) in [7, 11) is 0. The van der Waals surface area contributed by atoms with E-state index in [9.17, 15) is 10.1 Å². The smallest absolute Gasteiger partial charge is 0.254 e. The van der Waals surface area contributed by atoms with Crippen LogP contribution in [0.25, 0.3) is 0 Å². The van der Waals surface area contributed by atoms with E-state index >= 15 is 0 Å². The highest BCUT2D eigenvalue weighted by Crippen LogP contribution is 2.43. The molecule has 29 heavy (non-hydrogen) atoms. The minimum Gasteiger partial charge on any atom is -0.353 e. The van der Waals surface area contributed by atoms with Gasteiger partial charge in [-0.15, -0.1) is 11.8 Å². The molecule has 0 bridgehead atoms. The Morgan fingerprint density at radius 1 is 1.21 bits per heavy atom. The second-order valence-electron chi connectivity index (χ2n) is 6.67. The molecule has 4 nitrogen and oxygen atoms in total. The van der Waals surface area contributed by atoms with Crippen molar-refractivity contribution in [1.29, 1.82) is 5.26 Å². The Hall–Kier alpha value is -2.68. The molecular formula is C23H22ClN3OS. The Kier molecular flexibility index (Phi) is 6.68. The normalized spacial score (nSPS) is 16.3. The average Bonchev–Trinajstić information content (AvgIpc) is 2.70. The summed E-state index contributed by atoms with van der Waals surface area (Å²) in [5, 5.41) is 17.5. The number of nitriles is 1. The number of allylic oxidation sites excluding steroid dienone is 2. The van der Waals surface area contributed by atoms with Crippen molar-refractivity contribution in [3.8, 4) is 6.07 Å². The first kappa shape index (κ1) is 21.0. The van der Waals surface area contributed by atoms with Gasteiger partial charge in [-0.05, 0) is 42.9 Å². The third kappa shape index (κ3) is 4.34. The molecule has 2 aromatic carbocycles. The molecule has 0 aromatic heterocycles. The largest absolute Gasteiger partial charge is 0.353 e. The average molecular weight is 424 g/mol. The lowest BCUT2D eigenvalue weighted by atomic mass is 9.82. The van der Waals surface area contributed by atoms with Gasteiger partial charge in [0.2, 0.25) is 0 Å². The summed E-state index contributed by atoms with van der Waals surface area (Å²) in [5.74, 6) is 0.0244. The predicted molar refractivity (Wildman–Crippen MR) is 121 cm³/mol. The van der Waals surface area contributed by atoms with Crippen LogP contribution in [-0.4, -0.2) is 11.7 Å². The van der Waals surface area contributed by atoms with Crippen molar-refractivity contribution in [3.05, 3.63) is 86.6 Å². The molecule has 148 valence electrons. The van der Waals surface area contributed by atoms with Gasteiger partial charge < -0.3 is 10.6 Å². The van der Waals surface area contributed by atoms with E-state index in [4.69, 9.17) is 11.6 Å². The maximum Gasteiger partial charge on any atom is 0.254 e. The molecule has 0 unspecified atom stereocenters. The van der Waals surface area contributed by atoms with Crippen LogP contribution in [0.2, 0.25) is 5.02 Å². The fourth-order valence-electron chi connectivity index (χ4n) is 3.39. The number of hydrogen-bond donors (Lipinski definition) is 2. The molecule has 0 saturated carbocycles. The minimum absolute atomic E-state index is 0.248. The van der Waals surface area contributed by atoms with Crippen LogP contribution in [0.3, 0.4) is 0 Å². The summed E-state index contributed by atoms with van der Waals surface area (Å²) in [4.78, 5) is 13.4. The molecule has 3 rings (SSSR count). The Morgan fingerprint density at radius 3 is 2.55 bits per heavy atom. The predicted octanol–water partition coefficient (Wildman–Crippen LogP) is 5.74. The van der Waals surface area contributed by atoms with Gasteiger partial charge in [0.1, 0.15) is 0 Å². The van der Waals surface area contributed by atoms with Crippen molar-refractivity contribution in [2.45, 2.75) is 26.7 Å². The summed E-state index contributed by atoms with van der Waals surface area (Å²) in [6.07, 6.45) is 0. The molecule has 1 aliphatic rings. The number of aryl methyl sites for hydroxylation is 1. The number of para-hydroxylation sites is 1. The standard InChI is InChI=1S/C23H22ClN3OS/c1-4-29-23-17(13-25)21(16-10-6-7-11-18(16)24)20(15(3)26-23)22(28)27-19-12-8-5-9-14(19)2/h5-12,21,26H,4H2,1-3H3,(H,27,28)/t21-/m0/s1. The number of rotatable bonds is 5. The molecular weight excluding hydrogens is 402 g/mol. The van der Waals surface area contributed by atoms with Crippen LogP contribution < -0.4 is 10.6 Å². The lowest BCUT2D eigenvalue weighted by Gasteiger charge is -2.30. The van der Waals surface area contributed by atoms with E-state index in [0.29, 0.717) is 16.2 Å². The number of thioether (sulfide) groups is 1. The van der Waals surface area contributed by atoms with Crippen LogP contribution in [0.4, 0.5) is 5.69 Å². The van der Waals surface area contributed by atoms with E-state index in [0.717, 1.165) is 33.3 Å². The van der Waals surface area contributed by atoms with Crippen LogP contribution in [-0.2, 0) is 4.79 Å². The lowest BCUT2D eigenvalue weighted by molar-refractivity contribution is -0.113. The molecule has 1 atom stereocenters. The monoisotopic (exact) mass is 423 g/mol. The zero-order valence-electron chi connectivity index (χ0n) is 16.5.